The fraction of sp³-hybridized carbons (Fsp3) is 0.538. The Morgan fingerprint density at radius 1 is 1.22 bits per heavy atom. The van der Waals surface area contributed by atoms with Crippen LogP contribution in [0, 0.1) is 0 Å². The van der Waals surface area contributed by atoms with Crippen molar-refractivity contribution in [3.8, 4) is 0 Å². The number of benzene rings is 1. The third-order valence-electron chi connectivity index (χ3n) is 2.57. The van der Waals surface area contributed by atoms with E-state index >= 15 is 0 Å². The van der Waals surface area contributed by atoms with Crippen LogP contribution in [0.25, 0.3) is 0 Å². The maximum absolute atomic E-state index is 12.8. The molecule has 0 radical (unpaired) electrons. The highest BCUT2D eigenvalue weighted by Crippen LogP contribution is 2.34. The van der Waals surface area contributed by atoms with Gasteiger partial charge in [0.1, 0.15) is 0 Å². The molecular formula is C13H18F3NO. The normalized spacial score (nSPS) is 14.6. The SMILES string of the molecule is CC(NCC(C)(C)O)c1ccccc1C(F)(F)F. The number of rotatable bonds is 4. The minimum atomic E-state index is -4.36. The lowest BCUT2D eigenvalue weighted by Gasteiger charge is -2.24. The smallest absolute Gasteiger partial charge is 0.389 e. The summed E-state index contributed by atoms with van der Waals surface area (Å²) in [4.78, 5) is 0. The lowest BCUT2D eigenvalue weighted by molar-refractivity contribution is -0.138. The van der Waals surface area contributed by atoms with E-state index in [1.165, 1.54) is 12.1 Å². The minimum absolute atomic E-state index is 0.189. The van der Waals surface area contributed by atoms with Crippen LogP contribution in [0.1, 0.15) is 37.9 Å². The Morgan fingerprint density at radius 2 is 1.78 bits per heavy atom. The Balaban J connectivity index is 2.89. The van der Waals surface area contributed by atoms with Gasteiger partial charge in [-0.1, -0.05) is 18.2 Å². The molecule has 0 saturated carbocycles. The molecule has 1 atom stereocenters. The van der Waals surface area contributed by atoms with E-state index in [1.807, 2.05) is 0 Å². The topological polar surface area (TPSA) is 32.3 Å². The van der Waals surface area contributed by atoms with Gasteiger partial charge in [0.15, 0.2) is 0 Å². The molecule has 1 aromatic rings. The van der Waals surface area contributed by atoms with E-state index in [9.17, 15) is 18.3 Å². The quantitative estimate of drug-likeness (QED) is 0.872. The average molecular weight is 261 g/mol. The summed E-state index contributed by atoms with van der Waals surface area (Å²) < 4.78 is 38.4. The van der Waals surface area contributed by atoms with Gasteiger partial charge in [-0.15, -0.1) is 0 Å². The molecule has 18 heavy (non-hydrogen) atoms. The van der Waals surface area contributed by atoms with Gasteiger partial charge in [-0.2, -0.15) is 13.2 Å². The van der Waals surface area contributed by atoms with E-state index in [-0.39, 0.29) is 12.1 Å². The highest BCUT2D eigenvalue weighted by molar-refractivity contribution is 5.32. The molecule has 0 fully saturated rings. The van der Waals surface area contributed by atoms with E-state index in [1.54, 1.807) is 26.8 Å². The number of alkyl halides is 3. The molecule has 0 aliphatic carbocycles. The Morgan fingerprint density at radius 3 is 2.28 bits per heavy atom. The second-order valence-electron chi connectivity index (χ2n) is 5.00. The number of nitrogens with one attached hydrogen (secondary N) is 1. The van der Waals surface area contributed by atoms with Crippen molar-refractivity contribution in [3.05, 3.63) is 35.4 Å². The summed E-state index contributed by atoms with van der Waals surface area (Å²) in [6, 6.07) is 4.99. The zero-order valence-electron chi connectivity index (χ0n) is 10.7. The molecule has 0 heterocycles. The molecule has 1 rings (SSSR count). The van der Waals surface area contributed by atoms with Crippen LogP contribution in [0.15, 0.2) is 24.3 Å². The maximum Gasteiger partial charge on any atom is 0.416 e. The van der Waals surface area contributed by atoms with Crippen LogP contribution in [0.4, 0.5) is 13.2 Å². The second-order valence-corrected chi connectivity index (χ2v) is 5.00. The third kappa shape index (κ3) is 4.31. The monoisotopic (exact) mass is 261 g/mol. The summed E-state index contributed by atoms with van der Waals surface area (Å²) in [5, 5.41) is 12.5. The molecule has 0 saturated heterocycles. The molecule has 2 nitrogen and oxygen atoms in total. The Hall–Kier alpha value is -1.07. The Labute approximate surface area is 105 Å². The Kier molecular flexibility index (Phi) is 4.40. The van der Waals surface area contributed by atoms with Crippen molar-refractivity contribution in [2.24, 2.45) is 0 Å². The molecule has 0 bridgehead atoms. The number of aliphatic hydroxyl groups is 1. The maximum atomic E-state index is 12.8. The van der Waals surface area contributed by atoms with Gasteiger partial charge in [-0.3, -0.25) is 0 Å². The molecule has 0 aliphatic heterocycles. The fourth-order valence-electron chi connectivity index (χ4n) is 1.65. The van der Waals surface area contributed by atoms with Crippen LogP contribution in [-0.4, -0.2) is 17.3 Å². The molecule has 0 aliphatic rings. The van der Waals surface area contributed by atoms with Crippen molar-refractivity contribution in [3.63, 3.8) is 0 Å². The van der Waals surface area contributed by atoms with Gasteiger partial charge < -0.3 is 10.4 Å². The first kappa shape index (κ1) is 15.0. The predicted octanol–water partition coefficient (Wildman–Crippen LogP) is 3.13. The lowest BCUT2D eigenvalue weighted by atomic mass is 10.00. The number of halogens is 3. The first-order chi connectivity index (χ1) is 8.11. The first-order valence-electron chi connectivity index (χ1n) is 5.73. The molecule has 2 N–H and O–H groups in total. The molecule has 5 heteroatoms. The van der Waals surface area contributed by atoms with Crippen LogP contribution in [0.2, 0.25) is 0 Å². The average Bonchev–Trinajstić information content (AvgIpc) is 2.24. The van der Waals surface area contributed by atoms with E-state index < -0.39 is 23.4 Å². The van der Waals surface area contributed by atoms with E-state index in [0.29, 0.717) is 0 Å². The summed E-state index contributed by atoms with van der Waals surface area (Å²) in [6.45, 7) is 5.07. The fourth-order valence-corrected chi connectivity index (χ4v) is 1.65. The lowest BCUT2D eigenvalue weighted by Crippen LogP contribution is -2.36. The van der Waals surface area contributed by atoms with Crippen LogP contribution in [0.5, 0.6) is 0 Å². The van der Waals surface area contributed by atoms with Gasteiger partial charge >= 0.3 is 6.18 Å². The highest BCUT2D eigenvalue weighted by Gasteiger charge is 2.34. The molecule has 0 aromatic heterocycles. The molecule has 1 aromatic carbocycles. The van der Waals surface area contributed by atoms with Crippen LogP contribution >= 0.6 is 0 Å². The van der Waals surface area contributed by atoms with Gasteiger partial charge in [0.25, 0.3) is 0 Å². The molecule has 0 amide bonds. The van der Waals surface area contributed by atoms with Crippen molar-refractivity contribution in [1.29, 1.82) is 0 Å². The molecular weight excluding hydrogens is 243 g/mol. The van der Waals surface area contributed by atoms with Crippen molar-refractivity contribution < 1.29 is 18.3 Å². The number of hydrogen-bond acceptors (Lipinski definition) is 2. The standard InChI is InChI=1S/C13H18F3NO/c1-9(17-8-12(2,3)18)10-6-4-5-7-11(10)13(14,15)16/h4-7,9,17-18H,8H2,1-3H3. The van der Waals surface area contributed by atoms with Gasteiger partial charge in [0, 0.05) is 12.6 Å². The van der Waals surface area contributed by atoms with Crippen molar-refractivity contribution >= 4 is 0 Å². The second kappa shape index (κ2) is 5.28. The summed E-state index contributed by atoms with van der Waals surface area (Å²) >= 11 is 0. The summed E-state index contributed by atoms with van der Waals surface area (Å²) in [5.74, 6) is 0. The van der Waals surface area contributed by atoms with Crippen molar-refractivity contribution in [2.75, 3.05) is 6.54 Å². The third-order valence-corrected chi connectivity index (χ3v) is 2.57. The molecule has 1 unspecified atom stereocenters. The summed E-state index contributed by atoms with van der Waals surface area (Å²) in [5.41, 5.74) is -1.41. The molecule has 102 valence electrons. The molecule has 0 spiro atoms. The van der Waals surface area contributed by atoms with Gasteiger partial charge in [-0.05, 0) is 32.4 Å². The van der Waals surface area contributed by atoms with Gasteiger partial charge in [-0.25, -0.2) is 0 Å². The van der Waals surface area contributed by atoms with Crippen LogP contribution in [0.3, 0.4) is 0 Å². The first-order valence-corrected chi connectivity index (χ1v) is 5.73. The van der Waals surface area contributed by atoms with Crippen LogP contribution < -0.4 is 5.32 Å². The zero-order valence-corrected chi connectivity index (χ0v) is 10.7. The van der Waals surface area contributed by atoms with Gasteiger partial charge in [0.2, 0.25) is 0 Å². The van der Waals surface area contributed by atoms with Crippen molar-refractivity contribution in [2.45, 2.75) is 38.6 Å². The van der Waals surface area contributed by atoms with E-state index in [0.717, 1.165) is 6.07 Å². The van der Waals surface area contributed by atoms with Crippen LogP contribution in [-0.2, 0) is 6.18 Å². The van der Waals surface area contributed by atoms with Gasteiger partial charge in [0.05, 0.1) is 11.2 Å². The highest BCUT2D eigenvalue weighted by atomic mass is 19.4. The minimum Gasteiger partial charge on any atom is -0.389 e. The van der Waals surface area contributed by atoms with Crippen molar-refractivity contribution in [1.82, 2.24) is 5.32 Å². The Bertz CT molecular complexity index is 396. The number of hydrogen-bond donors (Lipinski definition) is 2. The predicted molar refractivity (Wildman–Crippen MR) is 64.2 cm³/mol. The van der Waals surface area contributed by atoms with E-state index in [2.05, 4.69) is 5.32 Å². The summed E-state index contributed by atoms with van der Waals surface area (Å²) in [6.07, 6.45) is -4.36. The largest absolute Gasteiger partial charge is 0.416 e. The summed E-state index contributed by atoms with van der Waals surface area (Å²) in [7, 11) is 0. The van der Waals surface area contributed by atoms with E-state index in [4.69, 9.17) is 0 Å². The zero-order chi connectivity index (χ0) is 14.0.